The zero-order valence-electron chi connectivity index (χ0n) is 15.0. The lowest BCUT2D eigenvalue weighted by atomic mass is 10.0. The standard InChI is InChI=1S/C20H19F2N5O/c21-14-6-2-7-15(22)17(14)16(10-27-8-3-9-27)26-20-13-5-1-4-12(19(23)28)18(13)24-11-25-20/h1-2,4-7,11,16H,3,8-10H2,(H2,23,28)(H,24,25,26)/t16-/m1/s1. The number of nitrogens with two attached hydrogens (primary N) is 1. The Labute approximate surface area is 160 Å². The lowest BCUT2D eigenvalue weighted by molar-refractivity contribution is 0.100. The number of carbonyl (C=O) groups is 1. The van der Waals surface area contributed by atoms with Crippen LogP contribution >= 0.6 is 0 Å². The van der Waals surface area contributed by atoms with E-state index < -0.39 is 23.6 Å². The van der Waals surface area contributed by atoms with E-state index in [1.807, 2.05) is 0 Å². The number of carbonyl (C=O) groups excluding carboxylic acids is 1. The van der Waals surface area contributed by atoms with E-state index in [4.69, 9.17) is 5.73 Å². The number of amides is 1. The van der Waals surface area contributed by atoms with Gasteiger partial charge >= 0.3 is 0 Å². The first-order valence-corrected chi connectivity index (χ1v) is 9.01. The first-order valence-electron chi connectivity index (χ1n) is 9.01. The summed E-state index contributed by atoms with van der Waals surface area (Å²) in [5.74, 6) is -1.45. The topological polar surface area (TPSA) is 84.1 Å². The van der Waals surface area contributed by atoms with Gasteiger partial charge in [-0.15, -0.1) is 0 Å². The summed E-state index contributed by atoms with van der Waals surface area (Å²) in [5, 5.41) is 3.72. The van der Waals surface area contributed by atoms with Crippen LogP contribution in [-0.4, -0.2) is 40.4 Å². The number of halogens is 2. The maximum Gasteiger partial charge on any atom is 0.250 e. The Hall–Kier alpha value is -3.13. The summed E-state index contributed by atoms with van der Waals surface area (Å²) in [7, 11) is 0. The van der Waals surface area contributed by atoms with Crippen LogP contribution in [0.5, 0.6) is 0 Å². The molecule has 0 aliphatic carbocycles. The molecule has 0 saturated carbocycles. The van der Waals surface area contributed by atoms with Crippen molar-refractivity contribution in [1.82, 2.24) is 14.9 Å². The highest BCUT2D eigenvalue weighted by Gasteiger charge is 2.26. The number of hydrogen-bond acceptors (Lipinski definition) is 5. The normalized spacial score (nSPS) is 15.2. The predicted molar refractivity (Wildman–Crippen MR) is 102 cm³/mol. The molecule has 8 heteroatoms. The van der Waals surface area contributed by atoms with Crippen LogP contribution in [0.3, 0.4) is 0 Å². The first-order chi connectivity index (χ1) is 13.5. The Bertz CT molecular complexity index is 1020. The van der Waals surface area contributed by atoms with Crippen LogP contribution < -0.4 is 11.1 Å². The molecule has 3 aromatic rings. The molecule has 0 unspecified atom stereocenters. The Balaban J connectivity index is 1.77. The van der Waals surface area contributed by atoms with Crippen molar-refractivity contribution in [1.29, 1.82) is 0 Å². The van der Waals surface area contributed by atoms with Crippen LogP contribution in [0.4, 0.5) is 14.6 Å². The second-order valence-electron chi connectivity index (χ2n) is 6.77. The highest BCUT2D eigenvalue weighted by molar-refractivity contribution is 6.06. The van der Waals surface area contributed by atoms with Crippen molar-refractivity contribution in [2.24, 2.45) is 5.73 Å². The summed E-state index contributed by atoms with van der Waals surface area (Å²) >= 11 is 0. The number of primary amides is 1. The van der Waals surface area contributed by atoms with Gasteiger partial charge in [0, 0.05) is 17.5 Å². The largest absolute Gasteiger partial charge is 0.366 e. The number of nitrogens with one attached hydrogen (secondary N) is 1. The highest BCUT2D eigenvalue weighted by Crippen LogP contribution is 2.29. The quantitative estimate of drug-likeness (QED) is 0.684. The summed E-state index contributed by atoms with van der Waals surface area (Å²) in [4.78, 5) is 22.2. The molecule has 1 amide bonds. The third-order valence-corrected chi connectivity index (χ3v) is 4.98. The molecular weight excluding hydrogens is 364 g/mol. The average molecular weight is 383 g/mol. The van der Waals surface area contributed by atoms with Gasteiger partial charge in [0.25, 0.3) is 5.91 Å². The van der Waals surface area contributed by atoms with E-state index >= 15 is 0 Å². The van der Waals surface area contributed by atoms with Crippen molar-refractivity contribution >= 4 is 22.6 Å². The van der Waals surface area contributed by atoms with Crippen molar-refractivity contribution in [3.05, 3.63) is 65.5 Å². The maximum atomic E-state index is 14.5. The van der Waals surface area contributed by atoms with E-state index in [1.165, 1.54) is 24.5 Å². The summed E-state index contributed by atoms with van der Waals surface area (Å²) in [5.41, 5.74) is 6.05. The number of fused-ring (bicyclic) bond motifs is 1. The van der Waals surface area contributed by atoms with Crippen LogP contribution in [-0.2, 0) is 0 Å². The molecule has 3 N–H and O–H groups in total. The van der Waals surface area contributed by atoms with E-state index in [0.717, 1.165) is 19.5 Å². The summed E-state index contributed by atoms with van der Waals surface area (Å²) < 4.78 is 28.9. The van der Waals surface area contributed by atoms with Gasteiger partial charge in [-0.2, -0.15) is 0 Å². The SMILES string of the molecule is NC(=O)c1cccc2c(N[C@H](CN3CCC3)c3c(F)cccc3F)ncnc12. The number of nitrogens with zero attached hydrogens (tertiary/aromatic N) is 3. The number of para-hydroxylation sites is 1. The van der Waals surface area contributed by atoms with Gasteiger partial charge < -0.3 is 16.0 Å². The van der Waals surface area contributed by atoms with Crippen LogP contribution in [0.1, 0.15) is 28.4 Å². The predicted octanol–water partition coefficient (Wildman–Crippen LogP) is 2.87. The molecule has 1 fully saturated rings. The minimum atomic E-state index is -0.656. The minimum absolute atomic E-state index is 0.0350. The van der Waals surface area contributed by atoms with E-state index in [2.05, 4.69) is 20.2 Å². The van der Waals surface area contributed by atoms with Gasteiger partial charge in [-0.1, -0.05) is 12.1 Å². The van der Waals surface area contributed by atoms with Gasteiger partial charge in [0.15, 0.2) is 0 Å². The zero-order valence-corrected chi connectivity index (χ0v) is 15.0. The van der Waals surface area contributed by atoms with Gasteiger partial charge in [0.2, 0.25) is 0 Å². The van der Waals surface area contributed by atoms with Gasteiger partial charge in [-0.05, 0) is 43.8 Å². The fourth-order valence-corrected chi connectivity index (χ4v) is 3.44. The minimum Gasteiger partial charge on any atom is -0.366 e. The summed E-state index contributed by atoms with van der Waals surface area (Å²) in [6, 6.07) is 8.16. The molecule has 1 aliphatic heterocycles. The lowest BCUT2D eigenvalue weighted by Gasteiger charge is -2.35. The molecule has 1 aliphatic rings. The first kappa shape index (κ1) is 18.2. The number of benzene rings is 2. The number of hydrogen-bond donors (Lipinski definition) is 2. The van der Waals surface area contributed by atoms with E-state index in [9.17, 15) is 13.6 Å². The van der Waals surface area contributed by atoms with Crippen molar-refractivity contribution < 1.29 is 13.6 Å². The second-order valence-corrected chi connectivity index (χ2v) is 6.77. The third-order valence-electron chi connectivity index (χ3n) is 4.98. The summed E-state index contributed by atoms with van der Waals surface area (Å²) in [6.07, 6.45) is 2.36. The molecule has 1 saturated heterocycles. The van der Waals surface area contributed by atoms with Crippen molar-refractivity contribution in [2.75, 3.05) is 25.0 Å². The Morgan fingerprint density at radius 3 is 2.50 bits per heavy atom. The fraction of sp³-hybridized carbons (Fsp3) is 0.250. The van der Waals surface area contributed by atoms with Gasteiger partial charge in [0.05, 0.1) is 17.1 Å². The Morgan fingerprint density at radius 2 is 1.86 bits per heavy atom. The number of likely N-dealkylation sites (tertiary alicyclic amines) is 1. The molecule has 144 valence electrons. The van der Waals surface area contributed by atoms with Gasteiger partial charge in [0.1, 0.15) is 23.8 Å². The number of aromatic nitrogens is 2. The van der Waals surface area contributed by atoms with Gasteiger partial charge in [-0.3, -0.25) is 4.79 Å². The average Bonchev–Trinajstić information content (AvgIpc) is 2.63. The van der Waals surface area contributed by atoms with Gasteiger partial charge in [-0.25, -0.2) is 18.7 Å². The molecule has 0 radical (unpaired) electrons. The molecule has 0 spiro atoms. The second kappa shape index (κ2) is 7.47. The molecule has 2 aromatic carbocycles. The molecule has 0 bridgehead atoms. The molecule has 4 rings (SSSR count). The van der Waals surface area contributed by atoms with Crippen LogP contribution in [0.25, 0.3) is 10.9 Å². The molecule has 28 heavy (non-hydrogen) atoms. The smallest absolute Gasteiger partial charge is 0.250 e. The van der Waals surface area contributed by atoms with Crippen molar-refractivity contribution in [3.63, 3.8) is 0 Å². The number of rotatable bonds is 6. The van der Waals surface area contributed by atoms with Crippen molar-refractivity contribution in [3.8, 4) is 0 Å². The molecule has 1 aromatic heterocycles. The monoisotopic (exact) mass is 383 g/mol. The maximum absolute atomic E-state index is 14.5. The lowest BCUT2D eigenvalue weighted by Crippen LogP contribution is -2.41. The molecular formula is C20H19F2N5O. The van der Waals surface area contributed by atoms with Crippen LogP contribution in [0.2, 0.25) is 0 Å². The molecule has 6 nitrogen and oxygen atoms in total. The summed E-state index contributed by atoms with van der Waals surface area (Å²) in [6.45, 7) is 2.19. The van der Waals surface area contributed by atoms with Crippen LogP contribution in [0.15, 0.2) is 42.7 Å². The Kier molecular flexibility index (Phi) is 4.87. The van der Waals surface area contributed by atoms with E-state index in [-0.39, 0.29) is 11.1 Å². The molecule has 2 heterocycles. The molecule has 1 atom stereocenters. The zero-order chi connectivity index (χ0) is 19.7. The van der Waals surface area contributed by atoms with Crippen LogP contribution in [0, 0.1) is 11.6 Å². The third kappa shape index (κ3) is 3.38. The van der Waals surface area contributed by atoms with E-state index in [0.29, 0.717) is 23.3 Å². The van der Waals surface area contributed by atoms with Crippen molar-refractivity contribution in [2.45, 2.75) is 12.5 Å². The fourth-order valence-electron chi connectivity index (χ4n) is 3.44. The highest BCUT2D eigenvalue weighted by atomic mass is 19.1. The Morgan fingerprint density at radius 1 is 1.14 bits per heavy atom. The van der Waals surface area contributed by atoms with E-state index in [1.54, 1.807) is 18.2 Å². The number of anilines is 1.